The lowest BCUT2D eigenvalue weighted by atomic mass is 9.77. The molecule has 0 bridgehead atoms. The van der Waals surface area contributed by atoms with Gasteiger partial charge in [0.25, 0.3) is 0 Å². The molecule has 1 aliphatic rings. The van der Waals surface area contributed by atoms with Crippen LogP contribution in [0.4, 0.5) is 0 Å². The van der Waals surface area contributed by atoms with Gasteiger partial charge in [-0.05, 0) is 94.9 Å². The van der Waals surface area contributed by atoms with Crippen molar-refractivity contribution < 1.29 is 0 Å². The number of hydrogen-bond donors (Lipinski definition) is 1. The van der Waals surface area contributed by atoms with Gasteiger partial charge in [0.15, 0.2) is 0 Å². The van der Waals surface area contributed by atoms with E-state index in [2.05, 4.69) is 172 Å². The highest BCUT2D eigenvalue weighted by Crippen LogP contribution is 2.54. The van der Waals surface area contributed by atoms with Crippen molar-refractivity contribution in [3.8, 4) is 44.5 Å². The van der Waals surface area contributed by atoms with E-state index in [1.807, 2.05) is 54.8 Å². The Balaban J connectivity index is 1.13. The Morgan fingerprint density at radius 2 is 1.03 bits per heavy atom. The van der Waals surface area contributed by atoms with Crippen molar-refractivity contribution in [2.75, 3.05) is 0 Å². The maximum absolute atomic E-state index is 9.28. The standard InChI is InChI=1S/C57H42N2/c1-57(2)55-46-25-13-12-21-40(46)29-34-51(55)50-28-16-27-49(56(50)57)48-33-31-43(44-24-14-15-26-47(44)48)37-59-54(36-53(58)41-22-10-5-11-23-41)52-35-42(38-17-6-3-7-18-38)30-32-45(52)39-19-8-4-9-20-39/h3-37,58H,1-2H3/b54-36-,58-53?,59-37?. The molecule has 0 heterocycles. The number of benzene rings is 9. The Morgan fingerprint density at radius 3 is 1.78 bits per heavy atom. The average Bonchev–Trinajstić information content (AvgIpc) is 3.54. The smallest absolute Gasteiger partial charge is 0.0730 e. The number of aliphatic imine (C=N–C) groups is 1. The van der Waals surface area contributed by atoms with Crippen LogP contribution < -0.4 is 0 Å². The molecule has 10 rings (SSSR count). The number of hydrogen-bond acceptors (Lipinski definition) is 2. The zero-order valence-electron chi connectivity index (χ0n) is 33.2. The van der Waals surface area contributed by atoms with Crippen LogP contribution in [0, 0.1) is 5.41 Å². The highest BCUT2D eigenvalue weighted by Gasteiger charge is 2.39. The summed E-state index contributed by atoms with van der Waals surface area (Å²) < 4.78 is 0. The van der Waals surface area contributed by atoms with Crippen molar-refractivity contribution >= 4 is 39.2 Å². The first-order valence-corrected chi connectivity index (χ1v) is 20.3. The van der Waals surface area contributed by atoms with Gasteiger partial charge in [-0.3, -0.25) is 4.99 Å². The summed E-state index contributed by atoms with van der Waals surface area (Å²) in [6.45, 7) is 4.77. The fourth-order valence-electron chi connectivity index (χ4n) is 9.24. The van der Waals surface area contributed by atoms with Gasteiger partial charge in [-0.2, -0.15) is 0 Å². The van der Waals surface area contributed by atoms with Gasteiger partial charge < -0.3 is 5.41 Å². The fourth-order valence-corrected chi connectivity index (χ4v) is 9.24. The average molecular weight is 755 g/mol. The minimum absolute atomic E-state index is 0.197. The van der Waals surface area contributed by atoms with Crippen LogP contribution >= 0.6 is 0 Å². The number of nitrogens with one attached hydrogen (secondary N) is 1. The molecular formula is C57H42N2. The van der Waals surface area contributed by atoms with E-state index in [1.165, 1.54) is 49.5 Å². The molecule has 2 heteroatoms. The van der Waals surface area contributed by atoms with Crippen molar-refractivity contribution in [2.24, 2.45) is 4.99 Å². The molecule has 1 N–H and O–H groups in total. The minimum Gasteiger partial charge on any atom is -0.300 e. The molecule has 9 aromatic carbocycles. The van der Waals surface area contributed by atoms with E-state index in [0.717, 1.165) is 50.0 Å². The first kappa shape index (κ1) is 36.0. The maximum Gasteiger partial charge on any atom is 0.0730 e. The van der Waals surface area contributed by atoms with Gasteiger partial charge in [-0.15, -0.1) is 0 Å². The molecule has 0 aromatic heterocycles. The molecule has 1 aliphatic carbocycles. The summed E-state index contributed by atoms with van der Waals surface area (Å²) in [5.41, 5.74) is 16.0. The first-order valence-electron chi connectivity index (χ1n) is 20.3. The number of rotatable bonds is 8. The van der Waals surface area contributed by atoms with E-state index in [4.69, 9.17) is 4.99 Å². The summed E-state index contributed by atoms with van der Waals surface area (Å²) in [7, 11) is 0. The van der Waals surface area contributed by atoms with E-state index < -0.39 is 0 Å². The molecule has 9 aromatic rings. The van der Waals surface area contributed by atoms with Crippen molar-refractivity contribution in [3.63, 3.8) is 0 Å². The number of allylic oxidation sites excluding steroid dienone is 1. The van der Waals surface area contributed by atoms with Gasteiger partial charge in [0.1, 0.15) is 0 Å². The number of nitrogens with zero attached hydrogens (tertiary/aromatic N) is 1. The molecule has 0 atom stereocenters. The third-order valence-corrected chi connectivity index (χ3v) is 12.0. The van der Waals surface area contributed by atoms with Crippen molar-refractivity contribution in [1.82, 2.24) is 0 Å². The quantitative estimate of drug-likeness (QED) is 0.150. The molecule has 0 saturated carbocycles. The molecule has 0 saturated heterocycles. The van der Waals surface area contributed by atoms with E-state index >= 15 is 0 Å². The first-order chi connectivity index (χ1) is 29.0. The summed E-state index contributed by atoms with van der Waals surface area (Å²) in [5.74, 6) is 0. The molecule has 0 radical (unpaired) electrons. The lowest BCUT2D eigenvalue weighted by Crippen LogP contribution is -2.17. The van der Waals surface area contributed by atoms with Crippen LogP contribution in [0.15, 0.2) is 211 Å². The summed E-state index contributed by atoms with van der Waals surface area (Å²) in [6, 6.07) is 70.7. The normalized spacial score (nSPS) is 13.2. The number of fused-ring (bicyclic) bond motifs is 6. The molecule has 0 unspecified atom stereocenters. The zero-order valence-corrected chi connectivity index (χ0v) is 33.2. The molecule has 0 amide bonds. The lowest BCUT2D eigenvalue weighted by Gasteiger charge is -2.26. The topological polar surface area (TPSA) is 36.2 Å². The maximum atomic E-state index is 9.28. The minimum atomic E-state index is -0.197. The van der Waals surface area contributed by atoms with Crippen LogP contribution in [0.2, 0.25) is 0 Å². The van der Waals surface area contributed by atoms with E-state index in [0.29, 0.717) is 5.71 Å². The molecule has 280 valence electrons. The van der Waals surface area contributed by atoms with Crippen LogP contribution in [-0.4, -0.2) is 11.9 Å². The van der Waals surface area contributed by atoms with Crippen molar-refractivity contribution in [2.45, 2.75) is 19.3 Å². The molecule has 0 aliphatic heterocycles. The molecule has 59 heavy (non-hydrogen) atoms. The Morgan fingerprint density at radius 1 is 0.458 bits per heavy atom. The predicted octanol–water partition coefficient (Wildman–Crippen LogP) is 14.8. The van der Waals surface area contributed by atoms with E-state index in [-0.39, 0.29) is 5.41 Å². The highest BCUT2D eigenvalue weighted by atomic mass is 14.7. The molecule has 2 nitrogen and oxygen atoms in total. The predicted molar refractivity (Wildman–Crippen MR) is 251 cm³/mol. The van der Waals surface area contributed by atoms with Crippen LogP contribution in [-0.2, 0) is 5.41 Å². The highest BCUT2D eigenvalue weighted by molar-refractivity contribution is 6.13. The second kappa shape index (κ2) is 14.8. The van der Waals surface area contributed by atoms with Gasteiger partial charge in [-0.1, -0.05) is 208 Å². The third-order valence-electron chi connectivity index (χ3n) is 12.0. The zero-order chi connectivity index (χ0) is 39.9. The van der Waals surface area contributed by atoms with Gasteiger partial charge in [0, 0.05) is 22.8 Å². The van der Waals surface area contributed by atoms with Crippen LogP contribution in [0.1, 0.15) is 41.7 Å². The molecular weight excluding hydrogens is 713 g/mol. The summed E-state index contributed by atoms with van der Waals surface area (Å²) in [4.78, 5) is 5.34. The Bertz CT molecular complexity index is 3120. The van der Waals surface area contributed by atoms with Gasteiger partial charge >= 0.3 is 0 Å². The van der Waals surface area contributed by atoms with Crippen LogP contribution in [0.25, 0.3) is 71.7 Å². The largest absolute Gasteiger partial charge is 0.300 e. The van der Waals surface area contributed by atoms with Gasteiger partial charge in [-0.25, -0.2) is 0 Å². The van der Waals surface area contributed by atoms with Crippen LogP contribution in [0.3, 0.4) is 0 Å². The summed E-state index contributed by atoms with van der Waals surface area (Å²) in [5, 5.41) is 14.2. The van der Waals surface area contributed by atoms with E-state index in [1.54, 1.807) is 0 Å². The summed E-state index contributed by atoms with van der Waals surface area (Å²) in [6.07, 6.45) is 3.90. The SMILES string of the molecule is CC1(C)c2c(cccc2-c2ccc(C=N/C(=C\C(=N)c3ccccc3)c3cc(-c4ccccc4)ccc3-c3ccccc3)c3ccccc23)-c2ccc3ccccc3c21. The van der Waals surface area contributed by atoms with Gasteiger partial charge in [0.2, 0.25) is 0 Å². The Labute approximate surface area is 346 Å². The molecule has 0 fully saturated rings. The Kier molecular flexibility index (Phi) is 9.03. The second-order valence-corrected chi connectivity index (χ2v) is 15.9. The third kappa shape index (κ3) is 6.40. The fraction of sp³-hybridized carbons (Fsp3) is 0.0526. The lowest BCUT2D eigenvalue weighted by molar-refractivity contribution is 0.668. The van der Waals surface area contributed by atoms with Crippen molar-refractivity contribution in [3.05, 3.63) is 234 Å². The van der Waals surface area contributed by atoms with Gasteiger partial charge in [0.05, 0.1) is 11.4 Å². The summed E-state index contributed by atoms with van der Waals surface area (Å²) >= 11 is 0. The molecule has 0 spiro atoms. The Hall–Kier alpha value is -7.42. The monoisotopic (exact) mass is 754 g/mol. The van der Waals surface area contributed by atoms with Crippen molar-refractivity contribution in [1.29, 1.82) is 5.41 Å². The second-order valence-electron chi connectivity index (χ2n) is 15.9. The van der Waals surface area contributed by atoms with Crippen LogP contribution in [0.5, 0.6) is 0 Å². The van der Waals surface area contributed by atoms with E-state index in [9.17, 15) is 5.41 Å².